The molecule has 0 radical (unpaired) electrons. The van der Waals surface area contributed by atoms with Crippen LogP contribution < -0.4 is 5.73 Å². The van der Waals surface area contributed by atoms with Crippen LogP contribution in [-0.2, 0) is 0 Å². The second kappa shape index (κ2) is 2.09. The third-order valence-corrected chi connectivity index (χ3v) is 2.12. The van der Waals surface area contributed by atoms with Crippen LogP contribution in [0, 0.1) is 0 Å². The van der Waals surface area contributed by atoms with Crippen molar-refractivity contribution in [3.63, 3.8) is 0 Å². The average Bonchev–Trinajstić information content (AvgIpc) is 1.35. The van der Waals surface area contributed by atoms with E-state index in [2.05, 4.69) is 11.7 Å². The minimum Gasteiger partial charge on any atom is -0.317 e. The van der Waals surface area contributed by atoms with E-state index in [1.54, 1.807) is 0 Å². The van der Waals surface area contributed by atoms with Gasteiger partial charge in [0.15, 0.2) is 0 Å². The maximum Gasteiger partial charge on any atom is 0.0664 e. The molecule has 0 aromatic rings. The smallest absolute Gasteiger partial charge is 0.0664 e. The highest BCUT2D eigenvalue weighted by Crippen LogP contribution is 2.20. The Bertz CT molecular complexity index is 38.5. The van der Waals surface area contributed by atoms with Crippen molar-refractivity contribution in [2.24, 2.45) is 5.73 Å². The van der Waals surface area contributed by atoms with Crippen LogP contribution >= 0.6 is 22.5 Å². The molecule has 0 saturated carbocycles. The lowest BCUT2D eigenvalue weighted by Crippen LogP contribution is -2.25. The fourth-order valence-corrected chi connectivity index (χ4v) is 0. The summed E-state index contributed by atoms with van der Waals surface area (Å²) < 4.78 is 0. The molecule has 0 rings (SSSR count). The Kier molecular flexibility index (Phi) is 2.33. The van der Waals surface area contributed by atoms with E-state index in [0.717, 1.165) is 0 Å². The Hall–Kier alpha value is 0.660. The fourth-order valence-electron chi connectivity index (χ4n) is 0. The first-order valence-corrected chi connectivity index (χ1v) is 3.54. The Morgan fingerprint density at radius 2 is 1.83 bits per heavy atom. The van der Waals surface area contributed by atoms with Crippen LogP contribution in [0.3, 0.4) is 0 Å². The quantitative estimate of drug-likeness (QED) is 0.312. The lowest BCUT2D eigenvalue weighted by atomic mass is 10.4. The molecule has 0 amide bonds. The van der Waals surface area contributed by atoms with E-state index in [0.29, 0.717) is 0 Å². The van der Waals surface area contributed by atoms with Gasteiger partial charge in [0.05, 0.1) is 4.87 Å². The van der Waals surface area contributed by atoms with Crippen LogP contribution in [0.1, 0.15) is 13.8 Å². The van der Waals surface area contributed by atoms with Gasteiger partial charge in [-0.25, -0.2) is 0 Å². The molecule has 38 valence electrons. The summed E-state index contributed by atoms with van der Waals surface area (Å²) in [6.45, 7) is 3.81. The standard InChI is InChI=1S/C3H9NS2/c1-3(2,4)6-5/h5H,4H2,1-2H3. The molecule has 0 aromatic heterocycles. The van der Waals surface area contributed by atoms with Gasteiger partial charge < -0.3 is 5.73 Å². The van der Waals surface area contributed by atoms with Crippen molar-refractivity contribution in [1.82, 2.24) is 0 Å². The molecule has 2 N–H and O–H groups in total. The van der Waals surface area contributed by atoms with Crippen molar-refractivity contribution >= 4 is 22.5 Å². The highest BCUT2D eigenvalue weighted by molar-refractivity contribution is 8.69. The summed E-state index contributed by atoms with van der Waals surface area (Å²) >= 11 is 3.89. The van der Waals surface area contributed by atoms with E-state index in [4.69, 9.17) is 5.73 Å². The highest BCUT2D eigenvalue weighted by Gasteiger charge is 2.05. The average molecular weight is 123 g/mol. The third kappa shape index (κ3) is 4.66. The van der Waals surface area contributed by atoms with Gasteiger partial charge >= 0.3 is 0 Å². The molecule has 0 unspecified atom stereocenters. The lowest BCUT2D eigenvalue weighted by Gasteiger charge is -2.11. The topological polar surface area (TPSA) is 26.0 Å². The summed E-state index contributed by atoms with van der Waals surface area (Å²) in [7, 11) is 1.35. The summed E-state index contributed by atoms with van der Waals surface area (Å²) in [5.41, 5.74) is 5.42. The molecule has 0 aromatic carbocycles. The van der Waals surface area contributed by atoms with Gasteiger partial charge in [-0.2, -0.15) is 0 Å². The largest absolute Gasteiger partial charge is 0.317 e. The second-order valence-corrected chi connectivity index (χ2v) is 3.48. The first kappa shape index (κ1) is 6.66. The summed E-state index contributed by atoms with van der Waals surface area (Å²) in [4.78, 5) is -0.177. The van der Waals surface area contributed by atoms with Gasteiger partial charge in [-0.1, -0.05) is 10.8 Å². The maximum atomic E-state index is 5.42. The van der Waals surface area contributed by atoms with Crippen LogP contribution in [0.25, 0.3) is 0 Å². The van der Waals surface area contributed by atoms with E-state index in [-0.39, 0.29) is 4.87 Å². The fraction of sp³-hybridized carbons (Fsp3) is 1.00. The molecule has 0 fully saturated rings. The number of rotatable bonds is 1. The minimum absolute atomic E-state index is 0.177. The van der Waals surface area contributed by atoms with Crippen molar-refractivity contribution in [3.8, 4) is 0 Å². The molecule has 1 nitrogen and oxygen atoms in total. The van der Waals surface area contributed by atoms with Crippen molar-refractivity contribution in [3.05, 3.63) is 0 Å². The van der Waals surface area contributed by atoms with E-state index in [1.807, 2.05) is 13.8 Å². The molecule has 0 atom stereocenters. The van der Waals surface area contributed by atoms with E-state index < -0.39 is 0 Å². The zero-order valence-corrected chi connectivity index (χ0v) is 5.64. The number of hydrogen-bond donors (Lipinski definition) is 2. The predicted octanol–water partition coefficient (Wildman–Crippen LogP) is 1.26. The predicted molar refractivity (Wildman–Crippen MR) is 34.8 cm³/mol. The third-order valence-electron chi connectivity index (χ3n) is 0.235. The molecule has 0 spiro atoms. The molecular weight excluding hydrogens is 114 g/mol. The lowest BCUT2D eigenvalue weighted by molar-refractivity contribution is 0.765. The zero-order valence-electron chi connectivity index (χ0n) is 3.93. The molecule has 0 heterocycles. The number of thiol groups is 1. The summed E-state index contributed by atoms with van der Waals surface area (Å²) in [6.07, 6.45) is 0. The summed E-state index contributed by atoms with van der Waals surface area (Å²) in [5, 5.41) is 0. The van der Waals surface area contributed by atoms with Crippen LogP contribution in [0.15, 0.2) is 0 Å². The monoisotopic (exact) mass is 123 g/mol. The first-order chi connectivity index (χ1) is 2.56. The normalized spacial score (nSPS) is 12.0. The minimum atomic E-state index is -0.177. The Morgan fingerprint density at radius 3 is 1.83 bits per heavy atom. The first-order valence-electron chi connectivity index (χ1n) is 1.68. The van der Waals surface area contributed by atoms with Gasteiger partial charge in [-0.3, -0.25) is 0 Å². The van der Waals surface area contributed by atoms with E-state index >= 15 is 0 Å². The molecule has 0 saturated heterocycles. The van der Waals surface area contributed by atoms with Crippen LogP contribution in [0.2, 0.25) is 0 Å². The number of hydrogen-bond acceptors (Lipinski definition) is 3. The Labute approximate surface area is 47.5 Å². The molecule has 0 bridgehead atoms. The van der Waals surface area contributed by atoms with E-state index in [1.165, 1.54) is 10.8 Å². The van der Waals surface area contributed by atoms with Gasteiger partial charge in [0, 0.05) is 0 Å². The summed E-state index contributed by atoms with van der Waals surface area (Å²) in [6, 6.07) is 0. The van der Waals surface area contributed by atoms with Crippen LogP contribution in [0.5, 0.6) is 0 Å². The summed E-state index contributed by atoms with van der Waals surface area (Å²) in [5.74, 6) is 0. The Morgan fingerprint density at radius 1 is 1.67 bits per heavy atom. The zero-order chi connectivity index (χ0) is 5.21. The molecule has 6 heavy (non-hydrogen) atoms. The van der Waals surface area contributed by atoms with Gasteiger partial charge in [0.1, 0.15) is 0 Å². The molecule has 0 aliphatic rings. The van der Waals surface area contributed by atoms with Crippen molar-refractivity contribution in [2.45, 2.75) is 18.7 Å². The molecule has 0 aliphatic heterocycles. The Balaban J connectivity index is 3.17. The SMILES string of the molecule is CC(C)(N)SS. The maximum absolute atomic E-state index is 5.42. The van der Waals surface area contributed by atoms with Crippen molar-refractivity contribution in [2.75, 3.05) is 0 Å². The van der Waals surface area contributed by atoms with Gasteiger partial charge in [0.25, 0.3) is 0 Å². The van der Waals surface area contributed by atoms with Crippen LogP contribution in [0.4, 0.5) is 0 Å². The van der Waals surface area contributed by atoms with Crippen molar-refractivity contribution in [1.29, 1.82) is 0 Å². The van der Waals surface area contributed by atoms with Gasteiger partial charge in [-0.05, 0) is 13.8 Å². The second-order valence-electron chi connectivity index (χ2n) is 1.69. The molecule has 0 aliphatic carbocycles. The number of nitrogens with two attached hydrogens (primary N) is 1. The molecule has 3 heteroatoms. The highest BCUT2D eigenvalue weighted by atomic mass is 33.1. The van der Waals surface area contributed by atoms with Crippen molar-refractivity contribution < 1.29 is 0 Å². The van der Waals surface area contributed by atoms with Crippen LogP contribution in [-0.4, -0.2) is 4.87 Å². The van der Waals surface area contributed by atoms with Gasteiger partial charge in [-0.15, -0.1) is 11.7 Å². The molecular formula is C3H9NS2. The van der Waals surface area contributed by atoms with Gasteiger partial charge in [0.2, 0.25) is 0 Å². The van der Waals surface area contributed by atoms with E-state index in [9.17, 15) is 0 Å².